The smallest absolute Gasteiger partial charge is 0.337 e. The molecule has 0 radical (unpaired) electrons. The lowest BCUT2D eigenvalue weighted by Gasteiger charge is -2.31. The average molecular weight is 505 g/mol. The quantitative estimate of drug-likeness (QED) is 0.116. The fourth-order valence-corrected chi connectivity index (χ4v) is 3.76. The van der Waals surface area contributed by atoms with E-state index < -0.39 is 28.7 Å². The van der Waals surface area contributed by atoms with Gasteiger partial charge in [-0.15, -0.1) is 0 Å². The van der Waals surface area contributed by atoms with Gasteiger partial charge in [0.1, 0.15) is 24.8 Å². The summed E-state index contributed by atoms with van der Waals surface area (Å²) in [6.07, 6.45) is 2.01. The predicted molar refractivity (Wildman–Crippen MR) is 130 cm³/mol. The zero-order valence-electron chi connectivity index (χ0n) is 20.8. The van der Waals surface area contributed by atoms with Crippen molar-refractivity contribution in [1.82, 2.24) is 0 Å². The van der Waals surface area contributed by atoms with Crippen molar-refractivity contribution < 1.29 is 38.3 Å². The van der Waals surface area contributed by atoms with Crippen molar-refractivity contribution >= 4 is 29.6 Å². The molecule has 36 heavy (non-hydrogen) atoms. The number of nitro groups is 1. The fraction of sp³-hybridized carbons (Fsp3) is 0.520. The Bertz CT molecular complexity index is 1000. The first-order valence-electron chi connectivity index (χ1n) is 11.8. The molecule has 0 N–H and O–H groups in total. The Morgan fingerprint density at radius 2 is 1.67 bits per heavy atom. The number of carbonyl (C=O) groups excluding carboxylic acids is 3. The van der Waals surface area contributed by atoms with Crippen LogP contribution in [0.15, 0.2) is 40.5 Å². The second-order valence-corrected chi connectivity index (χ2v) is 8.01. The van der Waals surface area contributed by atoms with Crippen LogP contribution in [0.1, 0.15) is 45.1 Å². The number of non-ortho nitro benzene ring substituents is 1. The molecule has 0 aromatic heterocycles. The molecule has 0 saturated heterocycles. The van der Waals surface area contributed by atoms with E-state index >= 15 is 0 Å². The third-order valence-electron chi connectivity index (χ3n) is 5.32. The maximum Gasteiger partial charge on any atom is 0.337 e. The lowest BCUT2D eigenvalue weighted by Crippen LogP contribution is -2.37. The molecule has 1 aliphatic heterocycles. The molecule has 11 nitrogen and oxygen atoms in total. The van der Waals surface area contributed by atoms with E-state index in [1.165, 1.54) is 25.1 Å². The second-order valence-electron chi connectivity index (χ2n) is 8.01. The van der Waals surface area contributed by atoms with E-state index in [4.69, 9.17) is 18.9 Å². The molecule has 1 aromatic carbocycles. The summed E-state index contributed by atoms with van der Waals surface area (Å²) in [5.41, 5.74) is -0.109. The highest BCUT2D eigenvalue weighted by atomic mass is 16.6. The number of nitrogens with zero attached hydrogens (tertiary/aromatic N) is 2. The van der Waals surface area contributed by atoms with Crippen molar-refractivity contribution in [3.8, 4) is 0 Å². The van der Waals surface area contributed by atoms with E-state index in [9.17, 15) is 24.5 Å². The monoisotopic (exact) mass is 504 g/mol. The minimum Gasteiger partial charge on any atom is -0.463 e. The summed E-state index contributed by atoms with van der Waals surface area (Å²) in [5.74, 6) is -3.76. The van der Waals surface area contributed by atoms with Crippen LogP contribution in [0, 0.1) is 16.0 Å². The Balaban J connectivity index is 2.44. The molecule has 0 spiro atoms. The molecular formula is C25H32N2O9. The molecule has 0 amide bonds. The summed E-state index contributed by atoms with van der Waals surface area (Å²) < 4.78 is 21.4. The third-order valence-corrected chi connectivity index (χ3v) is 5.32. The first-order valence-corrected chi connectivity index (χ1v) is 11.8. The summed E-state index contributed by atoms with van der Waals surface area (Å²) in [6, 6.07) is 5.53. The van der Waals surface area contributed by atoms with Gasteiger partial charge in [0.2, 0.25) is 0 Å². The van der Waals surface area contributed by atoms with Crippen LogP contribution >= 0.6 is 0 Å². The van der Waals surface area contributed by atoms with Crippen molar-refractivity contribution in [2.75, 3.05) is 39.6 Å². The number of allylic oxidation sites excluding steroid dienone is 1. The van der Waals surface area contributed by atoms with E-state index in [2.05, 4.69) is 4.99 Å². The lowest BCUT2D eigenvalue weighted by atomic mass is 9.75. The average Bonchev–Trinajstić information content (AvgIpc) is 2.87. The number of hydrogen-bond donors (Lipinski definition) is 0. The van der Waals surface area contributed by atoms with Gasteiger partial charge in [0.05, 0.1) is 23.7 Å². The van der Waals surface area contributed by atoms with Crippen molar-refractivity contribution in [2.45, 2.75) is 39.5 Å². The molecule has 0 saturated carbocycles. The standard InChI is InChI=1S/C25H32N2O9/c1-4-9-33-11-13-35-24(29)21-17(3)26-20(16-28)23(25(30)36-14-12-34-10-5-2)22(21)18-7-6-8-19(15-18)27(31)32/h6-8,15-16,21-22H,4-5,9-14H2,1-3H3. The van der Waals surface area contributed by atoms with Gasteiger partial charge in [-0.25, -0.2) is 4.79 Å². The third kappa shape index (κ3) is 7.79. The van der Waals surface area contributed by atoms with Gasteiger partial charge in [-0.2, -0.15) is 0 Å². The number of hydrogen-bond acceptors (Lipinski definition) is 10. The van der Waals surface area contributed by atoms with Gasteiger partial charge in [0.25, 0.3) is 5.69 Å². The topological polar surface area (TPSA) is 144 Å². The predicted octanol–water partition coefficient (Wildman–Crippen LogP) is 3.16. The van der Waals surface area contributed by atoms with E-state index in [1.807, 2.05) is 13.8 Å². The number of nitro benzene ring substituents is 1. The van der Waals surface area contributed by atoms with Crippen molar-refractivity contribution in [1.29, 1.82) is 0 Å². The Kier molecular flexibility index (Phi) is 11.9. The maximum absolute atomic E-state index is 13.2. The van der Waals surface area contributed by atoms with Crippen LogP contribution in [0.4, 0.5) is 5.69 Å². The summed E-state index contributed by atoms with van der Waals surface area (Å²) in [4.78, 5) is 53.2. The first kappa shape index (κ1) is 28.8. The first-order chi connectivity index (χ1) is 17.3. The molecule has 1 aliphatic rings. The molecule has 196 valence electrons. The van der Waals surface area contributed by atoms with E-state index in [1.54, 1.807) is 6.07 Å². The van der Waals surface area contributed by atoms with Crippen molar-refractivity contribution in [3.05, 3.63) is 51.2 Å². The van der Waals surface area contributed by atoms with Gasteiger partial charge in [0.15, 0.2) is 6.29 Å². The number of benzene rings is 1. The van der Waals surface area contributed by atoms with Gasteiger partial charge >= 0.3 is 11.9 Å². The number of rotatable bonds is 15. The van der Waals surface area contributed by atoms with Crippen LogP contribution in [0.3, 0.4) is 0 Å². The zero-order chi connectivity index (χ0) is 26.5. The highest BCUT2D eigenvalue weighted by Crippen LogP contribution is 2.40. The van der Waals surface area contributed by atoms with Crippen LogP contribution < -0.4 is 0 Å². The molecule has 2 atom stereocenters. The number of aldehydes is 1. The van der Waals surface area contributed by atoms with Gasteiger partial charge in [0, 0.05) is 37.0 Å². The summed E-state index contributed by atoms with van der Waals surface area (Å²) >= 11 is 0. The maximum atomic E-state index is 13.2. The minimum atomic E-state index is -1.11. The highest BCUT2D eigenvalue weighted by Gasteiger charge is 2.43. The van der Waals surface area contributed by atoms with Gasteiger partial charge in [-0.1, -0.05) is 26.0 Å². The Labute approximate surface area is 209 Å². The molecule has 1 aromatic rings. The molecule has 0 bridgehead atoms. The lowest BCUT2D eigenvalue weighted by molar-refractivity contribution is -0.384. The Morgan fingerprint density at radius 3 is 2.25 bits per heavy atom. The number of carbonyl (C=O) groups is 3. The summed E-state index contributed by atoms with van der Waals surface area (Å²) in [7, 11) is 0. The molecular weight excluding hydrogens is 472 g/mol. The van der Waals surface area contributed by atoms with Crippen LogP contribution in [0.2, 0.25) is 0 Å². The number of esters is 2. The largest absolute Gasteiger partial charge is 0.463 e. The summed E-state index contributed by atoms with van der Waals surface area (Å²) in [6.45, 7) is 6.66. The van der Waals surface area contributed by atoms with E-state index in [0.29, 0.717) is 19.5 Å². The number of aliphatic imine (C=N–C) groups is 1. The van der Waals surface area contributed by atoms with E-state index in [0.717, 1.165) is 12.8 Å². The normalized spacial score (nSPS) is 17.4. The van der Waals surface area contributed by atoms with Crippen molar-refractivity contribution in [3.63, 3.8) is 0 Å². The Morgan fingerprint density at radius 1 is 1.03 bits per heavy atom. The zero-order valence-corrected chi connectivity index (χ0v) is 20.8. The molecule has 0 aliphatic carbocycles. The van der Waals surface area contributed by atoms with Crippen LogP contribution in [-0.4, -0.2) is 68.5 Å². The molecule has 2 rings (SSSR count). The SMILES string of the molecule is CCCOCCOC(=O)C1=C(C=O)N=C(C)C(C(=O)OCCOCCC)C1c1cccc([N+](=O)[O-])c1. The molecule has 2 unspecified atom stereocenters. The van der Waals surface area contributed by atoms with Crippen LogP contribution in [0.25, 0.3) is 0 Å². The fourth-order valence-electron chi connectivity index (χ4n) is 3.76. The van der Waals surface area contributed by atoms with E-state index in [-0.39, 0.29) is 54.7 Å². The molecule has 0 fully saturated rings. The van der Waals surface area contributed by atoms with Gasteiger partial charge in [-0.3, -0.25) is 24.7 Å². The van der Waals surface area contributed by atoms with Gasteiger partial charge in [-0.05, 0) is 25.3 Å². The number of ether oxygens (including phenoxy) is 4. The van der Waals surface area contributed by atoms with Crippen LogP contribution in [0.5, 0.6) is 0 Å². The van der Waals surface area contributed by atoms with Crippen LogP contribution in [-0.2, 0) is 33.3 Å². The van der Waals surface area contributed by atoms with Gasteiger partial charge < -0.3 is 18.9 Å². The Hall–Kier alpha value is -3.44. The highest BCUT2D eigenvalue weighted by molar-refractivity contribution is 6.09. The molecule has 1 heterocycles. The summed E-state index contributed by atoms with van der Waals surface area (Å²) in [5, 5.41) is 11.4. The second kappa shape index (κ2) is 14.8. The molecule has 11 heteroatoms. The van der Waals surface area contributed by atoms with Crippen molar-refractivity contribution in [2.24, 2.45) is 10.9 Å². The minimum absolute atomic E-state index is 0.0247.